The number of nitrogens with zero attached hydrogens (tertiary/aromatic N) is 2. The van der Waals surface area contributed by atoms with Gasteiger partial charge in [-0.1, -0.05) is 13.8 Å². The van der Waals surface area contributed by atoms with E-state index in [0.29, 0.717) is 5.92 Å². The number of carbonyl (C=O) groups is 2. The van der Waals surface area contributed by atoms with Gasteiger partial charge in [-0.2, -0.15) is 0 Å². The second kappa shape index (κ2) is 6.12. The van der Waals surface area contributed by atoms with Crippen LogP contribution in [0.5, 0.6) is 0 Å². The maximum atomic E-state index is 12.7. The third-order valence-corrected chi connectivity index (χ3v) is 4.37. The summed E-state index contributed by atoms with van der Waals surface area (Å²) in [4.78, 5) is 29.0. The first-order chi connectivity index (χ1) is 9.40. The van der Waals surface area contributed by atoms with Crippen LogP contribution in [0.2, 0.25) is 0 Å². The number of hydrogen-bond donors (Lipinski definition) is 1. The highest BCUT2D eigenvalue weighted by atomic mass is 16.2. The van der Waals surface area contributed by atoms with E-state index in [1.807, 2.05) is 11.8 Å². The van der Waals surface area contributed by atoms with Gasteiger partial charge in [0.25, 0.3) is 0 Å². The van der Waals surface area contributed by atoms with Crippen LogP contribution in [0.3, 0.4) is 0 Å². The number of likely N-dealkylation sites (N-methyl/N-ethyl adjacent to an activating group) is 1. The van der Waals surface area contributed by atoms with Crippen molar-refractivity contribution in [3.8, 4) is 0 Å². The van der Waals surface area contributed by atoms with E-state index in [1.165, 1.54) is 0 Å². The fraction of sp³-hybridized carbons (Fsp3) is 0.867. The Morgan fingerprint density at radius 3 is 2.65 bits per heavy atom. The van der Waals surface area contributed by atoms with E-state index < -0.39 is 0 Å². The maximum Gasteiger partial charge on any atom is 0.246 e. The van der Waals surface area contributed by atoms with Gasteiger partial charge in [-0.15, -0.1) is 0 Å². The van der Waals surface area contributed by atoms with E-state index in [4.69, 9.17) is 0 Å². The highest BCUT2D eigenvalue weighted by Crippen LogP contribution is 2.23. The van der Waals surface area contributed by atoms with Crippen LogP contribution in [0.4, 0.5) is 0 Å². The molecule has 0 aromatic heterocycles. The fourth-order valence-corrected chi connectivity index (χ4v) is 3.34. The van der Waals surface area contributed by atoms with E-state index in [0.717, 1.165) is 32.4 Å². The minimum atomic E-state index is -0.345. The van der Waals surface area contributed by atoms with Crippen molar-refractivity contribution in [3.05, 3.63) is 0 Å². The zero-order valence-electron chi connectivity index (χ0n) is 13.1. The fourth-order valence-electron chi connectivity index (χ4n) is 3.34. The lowest BCUT2D eigenvalue weighted by Crippen LogP contribution is -2.66. The lowest BCUT2D eigenvalue weighted by atomic mass is 9.95. The lowest BCUT2D eigenvalue weighted by Gasteiger charge is -2.45. The Hall–Kier alpha value is -1.10. The van der Waals surface area contributed by atoms with Crippen LogP contribution in [-0.4, -0.2) is 59.9 Å². The van der Waals surface area contributed by atoms with Gasteiger partial charge in [0.1, 0.15) is 12.1 Å². The summed E-state index contributed by atoms with van der Waals surface area (Å²) in [5.41, 5.74) is 0. The molecule has 2 fully saturated rings. The SMILES string of the molecule is CC(C)CC1NC(=O)C(C)N(C2CCCN(C)C2)C1=O. The van der Waals surface area contributed by atoms with Crippen LogP contribution >= 0.6 is 0 Å². The maximum absolute atomic E-state index is 12.7. The number of nitrogens with one attached hydrogen (secondary N) is 1. The number of likely N-dealkylation sites (tertiary alicyclic amines) is 1. The summed E-state index contributed by atoms with van der Waals surface area (Å²) in [5, 5.41) is 2.88. The molecule has 3 unspecified atom stereocenters. The Labute approximate surface area is 121 Å². The van der Waals surface area contributed by atoms with E-state index >= 15 is 0 Å². The summed E-state index contributed by atoms with van der Waals surface area (Å²) < 4.78 is 0. The highest BCUT2D eigenvalue weighted by Gasteiger charge is 2.42. The Bertz CT molecular complexity index is 383. The predicted molar refractivity (Wildman–Crippen MR) is 78.2 cm³/mol. The van der Waals surface area contributed by atoms with E-state index in [-0.39, 0.29) is 29.9 Å². The zero-order chi connectivity index (χ0) is 14.9. The second-order valence-corrected chi connectivity index (χ2v) is 6.67. The van der Waals surface area contributed by atoms with Crippen LogP contribution in [0.15, 0.2) is 0 Å². The van der Waals surface area contributed by atoms with Crippen molar-refractivity contribution < 1.29 is 9.59 Å². The monoisotopic (exact) mass is 281 g/mol. The predicted octanol–water partition coefficient (Wildman–Crippen LogP) is 0.842. The van der Waals surface area contributed by atoms with Crippen LogP contribution in [0.1, 0.15) is 40.0 Å². The molecule has 2 rings (SSSR count). The average Bonchev–Trinajstić information content (AvgIpc) is 2.36. The summed E-state index contributed by atoms with van der Waals surface area (Å²) in [5.74, 6) is 0.489. The molecule has 2 aliphatic rings. The van der Waals surface area contributed by atoms with Gasteiger partial charge in [-0.3, -0.25) is 9.59 Å². The first-order valence-corrected chi connectivity index (χ1v) is 7.71. The zero-order valence-corrected chi connectivity index (χ0v) is 13.1. The molecule has 0 aliphatic carbocycles. The molecule has 0 bridgehead atoms. The van der Waals surface area contributed by atoms with Crippen LogP contribution in [0.25, 0.3) is 0 Å². The molecule has 2 aliphatic heterocycles. The minimum absolute atomic E-state index is 0.0107. The summed E-state index contributed by atoms with van der Waals surface area (Å²) in [7, 11) is 2.08. The van der Waals surface area contributed by atoms with Crippen molar-refractivity contribution in [1.82, 2.24) is 15.1 Å². The molecule has 2 saturated heterocycles. The summed E-state index contributed by atoms with van der Waals surface area (Å²) >= 11 is 0. The summed E-state index contributed by atoms with van der Waals surface area (Å²) in [6.07, 6.45) is 2.81. The average molecular weight is 281 g/mol. The van der Waals surface area contributed by atoms with Gasteiger partial charge in [0.05, 0.1) is 0 Å². The van der Waals surface area contributed by atoms with E-state index in [1.54, 1.807) is 0 Å². The summed E-state index contributed by atoms with van der Waals surface area (Å²) in [6, 6.07) is -0.509. The molecular weight excluding hydrogens is 254 g/mol. The van der Waals surface area contributed by atoms with E-state index in [9.17, 15) is 9.59 Å². The molecule has 0 aromatic carbocycles. The lowest BCUT2D eigenvalue weighted by molar-refractivity contribution is -0.153. The van der Waals surface area contributed by atoms with Gasteiger partial charge in [0.2, 0.25) is 11.8 Å². The third-order valence-electron chi connectivity index (χ3n) is 4.37. The third kappa shape index (κ3) is 3.14. The quantitative estimate of drug-likeness (QED) is 0.834. The Morgan fingerprint density at radius 2 is 2.05 bits per heavy atom. The molecule has 0 spiro atoms. The number of piperazine rings is 1. The second-order valence-electron chi connectivity index (χ2n) is 6.67. The largest absolute Gasteiger partial charge is 0.343 e. The highest BCUT2D eigenvalue weighted by molar-refractivity contribution is 5.96. The van der Waals surface area contributed by atoms with Gasteiger partial charge < -0.3 is 15.1 Å². The Balaban J connectivity index is 2.15. The molecule has 0 saturated carbocycles. The number of amides is 2. The summed E-state index contributed by atoms with van der Waals surface area (Å²) in [6.45, 7) is 7.95. The first kappa shape index (κ1) is 15.3. The molecule has 2 heterocycles. The molecule has 5 heteroatoms. The number of hydrogen-bond acceptors (Lipinski definition) is 3. The van der Waals surface area contributed by atoms with E-state index in [2.05, 4.69) is 31.1 Å². The molecule has 114 valence electrons. The molecule has 3 atom stereocenters. The number of rotatable bonds is 3. The Kier molecular flexibility index (Phi) is 4.68. The standard InChI is InChI=1S/C15H27N3O2/c1-10(2)8-13-15(20)18(11(3)14(19)16-13)12-6-5-7-17(4)9-12/h10-13H,5-9H2,1-4H3,(H,16,19). The van der Waals surface area contributed by atoms with Crippen molar-refractivity contribution in [3.63, 3.8) is 0 Å². The van der Waals surface area contributed by atoms with Crippen molar-refractivity contribution in [1.29, 1.82) is 0 Å². The smallest absolute Gasteiger partial charge is 0.246 e. The van der Waals surface area contributed by atoms with Crippen LogP contribution < -0.4 is 5.32 Å². The molecule has 1 N–H and O–H groups in total. The minimum Gasteiger partial charge on any atom is -0.343 e. The topological polar surface area (TPSA) is 52.7 Å². The van der Waals surface area contributed by atoms with Crippen molar-refractivity contribution >= 4 is 11.8 Å². The van der Waals surface area contributed by atoms with Crippen molar-refractivity contribution in [2.45, 2.75) is 58.2 Å². The molecule has 20 heavy (non-hydrogen) atoms. The first-order valence-electron chi connectivity index (χ1n) is 7.71. The molecular formula is C15H27N3O2. The number of piperidine rings is 1. The normalized spacial score (nSPS) is 32.6. The van der Waals surface area contributed by atoms with Crippen LogP contribution in [-0.2, 0) is 9.59 Å². The van der Waals surface area contributed by atoms with Gasteiger partial charge in [0, 0.05) is 12.6 Å². The van der Waals surface area contributed by atoms with Gasteiger partial charge in [-0.25, -0.2) is 0 Å². The molecule has 2 amide bonds. The van der Waals surface area contributed by atoms with Gasteiger partial charge in [-0.05, 0) is 45.7 Å². The van der Waals surface area contributed by atoms with Gasteiger partial charge >= 0.3 is 0 Å². The molecule has 0 radical (unpaired) electrons. The Morgan fingerprint density at radius 1 is 1.35 bits per heavy atom. The molecule has 0 aromatic rings. The van der Waals surface area contributed by atoms with Gasteiger partial charge in [0.15, 0.2) is 0 Å². The van der Waals surface area contributed by atoms with Crippen LogP contribution in [0, 0.1) is 5.92 Å². The number of carbonyl (C=O) groups excluding carboxylic acids is 2. The molecule has 5 nitrogen and oxygen atoms in total. The van der Waals surface area contributed by atoms with Crippen molar-refractivity contribution in [2.24, 2.45) is 5.92 Å². The van der Waals surface area contributed by atoms with Crippen molar-refractivity contribution in [2.75, 3.05) is 20.1 Å².